The van der Waals surface area contributed by atoms with E-state index in [0.717, 1.165) is 11.1 Å². The third-order valence-electron chi connectivity index (χ3n) is 6.82. The average molecular weight is 657 g/mol. The van der Waals surface area contributed by atoms with E-state index >= 15 is 0 Å². The molecule has 0 spiro atoms. The Morgan fingerprint density at radius 1 is 1.09 bits per heavy atom. The highest BCUT2D eigenvalue weighted by Crippen LogP contribution is 2.35. The van der Waals surface area contributed by atoms with Crippen LogP contribution in [0.4, 0.5) is 5.69 Å². The van der Waals surface area contributed by atoms with Gasteiger partial charge in [-0.25, -0.2) is 9.79 Å². The van der Waals surface area contributed by atoms with Gasteiger partial charge in [0.05, 0.1) is 33.4 Å². The number of benzene rings is 3. The minimum atomic E-state index is -0.767. The predicted molar refractivity (Wildman–Crippen MR) is 166 cm³/mol. The summed E-state index contributed by atoms with van der Waals surface area (Å²) >= 11 is 4.57. The van der Waals surface area contributed by atoms with Crippen LogP contribution in [0.3, 0.4) is 0 Å². The summed E-state index contributed by atoms with van der Waals surface area (Å²) in [7, 11) is 0. The lowest BCUT2D eigenvalue weighted by Gasteiger charge is -2.25. The van der Waals surface area contributed by atoms with E-state index in [1.165, 1.54) is 28.0 Å². The Morgan fingerprint density at radius 2 is 1.81 bits per heavy atom. The predicted octanol–water partition coefficient (Wildman–Crippen LogP) is 5.87. The highest BCUT2D eigenvalue weighted by molar-refractivity contribution is 9.10. The third kappa shape index (κ3) is 5.40. The lowest BCUT2D eigenvalue weighted by molar-refractivity contribution is -0.384. The molecule has 9 nitrogen and oxygen atoms in total. The number of rotatable bonds is 7. The van der Waals surface area contributed by atoms with Gasteiger partial charge in [-0.15, -0.1) is 0 Å². The van der Waals surface area contributed by atoms with Crippen molar-refractivity contribution in [3.8, 4) is 11.3 Å². The number of non-ortho nitro benzene ring substituents is 1. The number of furan rings is 1. The van der Waals surface area contributed by atoms with Crippen LogP contribution >= 0.6 is 27.3 Å². The number of thiazole rings is 1. The Kier molecular flexibility index (Phi) is 7.75. The quantitative estimate of drug-likeness (QED) is 0.123. The highest BCUT2D eigenvalue weighted by Gasteiger charge is 2.35. The van der Waals surface area contributed by atoms with E-state index in [0.29, 0.717) is 36.6 Å². The molecule has 0 fully saturated rings. The van der Waals surface area contributed by atoms with Gasteiger partial charge in [-0.3, -0.25) is 19.5 Å². The van der Waals surface area contributed by atoms with Gasteiger partial charge in [-0.1, -0.05) is 72.0 Å². The summed E-state index contributed by atoms with van der Waals surface area (Å²) < 4.78 is 13.9. The van der Waals surface area contributed by atoms with E-state index in [1.807, 2.05) is 60.7 Å². The molecule has 0 saturated carbocycles. The Hall–Kier alpha value is -4.87. The number of hydrogen-bond donors (Lipinski definition) is 0. The second kappa shape index (κ2) is 11.8. The van der Waals surface area contributed by atoms with Crippen LogP contribution in [0.15, 0.2) is 115 Å². The van der Waals surface area contributed by atoms with Crippen LogP contribution in [0.2, 0.25) is 0 Å². The van der Waals surface area contributed by atoms with Crippen LogP contribution in [0.5, 0.6) is 0 Å². The van der Waals surface area contributed by atoms with Gasteiger partial charge in [-0.05, 0) is 46.6 Å². The zero-order chi connectivity index (χ0) is 30.1. The number of fused-ring (bicyclic) bond motifs is 1. The summed E-state index contributed by atoms with van der Waals surface area (Å²) in [6.07, 6.45) is 1.63. The van der Waals surface area contributed by atoms with Crippen molar-refractivity contribution in [1.29, 1.82) is 0 Å². The van der Waals surface area contributed by atoms with Crippen molar-refractivity contribution < 1.29 is 18.9 Å². The molecule has 214 valence electrons. The number of esters is 1. The fraction of sp³-hybridized carbons (Fsp3) is 0.0938. The molecule has 3 heterocycles. The highest BCUT2D eigenvalue weighted by atomic mass is 79.9. The summed E-state index contributed by atoms with van der Waals surface area (Å²) in [5.41, 5.74) is 2.45. The van der Waals surface area contributed by atoms with Gasteiger partial charge in [0.1, 0.15) is 11.5 Å². The van der Waals surface area contributed by atoms with Crippen LogP contribution in [0, 0.1) is 10.1 Å². The minimum Gasteiger partial charge on any atom is -0.463 e. The lowest BCUT2D eigenvalue weighted by Crippen LogP contribution is -2.39. The van der Waals surface area contributed by atoms with Crippen molar-refractivity contribution in [3.63, 3.8) is 0 Å². The Bertz CT molecular complexity index is 2080. The maximum absolute atomic E-state index is 14.0. The number of nitro groups is 1. The summed E-state index contributed by atoms with van der Waals surface area (Å²) in [5.74, 6) is 0.339. The van der Waals surface area contributed by atoms with Crippen molar-refractivity contribution in [2.75, 3.05) is 6.61 Å². The molecule has 43 heavy (non-hydrogen) atoms. The summed E-state index contributed by atoms with van der Waals surface area (Å²) in [6, 6.07) is 25.8. The molecule has 11 heteroatoms. The minimum absolute atomic E-state index is 0.0476. The Morgan fingerprint density at radius 3 is 2.49 bits per heavy atom. The first-order chi connectivity index (χ1) is 20.9. The summed E-state index contributed by atoms with van der Waals surface area (Å²) in [5, 5.41) is 11.1. The summed E-state index contributed by atoms with van der Waals surface area (Å²) in [6.45, 7) is 1.91. The maximum Gasteiger partial charge on any atom is 0.338 e. The van der Waals surface area contributed by atoms with Crippen molar-refractivity contribution >= 4 is 50.7 Å². The zero-order valence-corrected chi connectivity index (χ0v) is 25.0. The topological polar surface area (TPSA) is 117 Å². The van der Waals surface area contributed by atoms with Gasteiger partial charge < -0.3 is 9.15 Å². The zero-order valence-electron chi connectivity index (χ0n) is 22.6. The fourth-order valence-electron chi connectivity index (χ4n) is 4.91. The lowest BCUT2D eigenvalue weighted by atomic mass is 9.93. The van der Waals surface area contributed by atoms with Gasteiger partial charge in [0.2, 0.25) is 0 Å². The molecule has 6 rings (SSSR count). The third-order valence-corrected chi connectivity index (χ3v) is 8.46. The molecule has 0 saturated heterocycles. The summed E-state index contributed by atoms with van der Waals surface area (Å²) in [4.78, 5) is 43.4. The molecule has 0 amide bonds. The SMILES string of the molecule is CCOC(=O)C1=C(c2ccccc2)N=c2s/c(=C\c3ccc(-c4ccc([N+](=O)[O-])cc4Br)o3)c(=O)n2[C@@H]1c1ccccc1. The smallest absolute Gasteiger partial charge is 0.338 e. The molecule has 1 atom stereocenters. The molecule has 0 radical (unpaired) electrons. The fourth-order valence-corrected chi connectivity index (χ4v) is 6.46. The maximum atomic E-state index is 14.0. The molecule has 1 aliphatic rings. The molecular weight excluding hydrogens is 634 g/mol. The van der Waals surface area contributed by atoms with E-state index in [4.69, 9.17) is 14.1 Å². The molecule has 0 bridgehead atoms. The monoisotopic (exact) mass is 655 g/mol. The van der Waals surface area contributed by atoms with Crippen LogP contribution in [-0.4, -0.2) is 22.1 Å². The van der Waals surface area contributed by atoms with Crippen molar-refractivity contribution in [2.24, 2.45) is 4.99 Å². The van der Waals surface area contributed by atoms with Crippen molar-refractivity contribution in [1.82, 2.24) is 4.57 Å². The largest absolute Gasteiger partial charge is 0.463 e. The number of carbonyl (C=O) groups is 1. The van der Waals surface area contributed by atoms with Crippen LogP contribution in [0.25, 0.3) is 23.1 Å². The second-order valence-corrected chi connectivity index (χ2v) is 11.3. The van der Waals surface area contributed by atoms with Crippen LogP contribution < -0.4 is 14.9 Å². The Labute approximate surface area is 257 Å². The van der Waals surface area contributed by atoms with Gasteiger partial charge >= 0.3 is 5.97 Å². The van der Waals surface area contributed by atoms with Gasteiger partial charge in [0, 0.05) is 33.8 Å². The number of ether oxygens (including phenoxy) is 1. The standard InChI is InChI=1S/C32H22BrN3O6S/c1-2-41-31(38)27-28(19-9-5-3-6-10-19)34-32-35(29(27)20-11-7-4-8-12-20)30(37)26(43-32)18-22-14-16-25(42-22)23-15-13-21(36(39)40)17-24(23)33/h3-18,29H,2H2,1H3/b26-18-/t29-/m1/s1. The molecular formula is C32H22BrN3O6S. The van der Waals surface area contributed by atoms with Crippen molar-refractivity contribution in [3.05, 3.63) is 148 Å². The van der Waals surface area contributed by atoms with Gasteiger partial charge in [0.15, 0.2) is 4.80 Å². The number of carbonyl (C=O) groups excluding carboxylic acids is 1. The van der Waals surface area contributed by atoms with E-state index in [2.05, 4.69) is 15.9 Å². The molecule has 0 N–H and O–H groups in total. The molecule has 2 aromatic heterocycles. The van der Waals surface area contributed by atoms with Crippen LogP contribution in [0.1, 0.15) is 29.9 Å². The van der Waals surface area contributed by atoms with Crippen molar-refractivity contribution in [2.45, 2.75) is 13.0 Å². The molecule has 0 unspecified atom stereocenters. The van der Waals surface area contributed by atoms with E-state index in [9.17, 15) is 19.7 Å². The van der Waals surface area contributed by atoms with E-state index < -0.39 is 16.9 Å². The number of halogens is 1. The molecule has 1 aliphatic heterocycles. The molecule has 0 aliphatic carbocycles. The normalized spacial score (nSPS) is 14.7. The first kappa shape index (κ1) is 28.3. The molecule has 5 aromatic rings. The number of nitrogens with zero attached hydrogens (tertiary/aromatic N) is 3. The first-order valence-electron chi connectivity index (χ1n) is 13.2. The number of aromatic nitrogens is 1. The van der Waals surface area contributed by atoms with E-state index in [-0.39, 0.29) is 23.4 Å². The van der Waals surface area contributed by atoms with E-state index in [1.54, 1.807) is 31.2 Å². The Balaban J connectivity index is 1.52. The van der Waals surface area contributed by atoms with Gasteiger partial charge in [0.25, 0.3) is 11.2 Å². The van der Waals surface area contributed by atoms with Gasteiger partial charge in [-0.2, -0.15) is 0 Å². The number of nitro benzene ring substituents is 1. The first-order valence-corrected chi connectivity index (χ1v) is 14.8. The second-order valence-electron chi connectivity index (χ2n) is 9.47. The van der Waals surface area contributed by atoms with Crippen LogP contribution in [-0.2, 0) is 9.53 Å². The number of hydrogen-bond acceptors (Lipinski definition) is 8. The molecule has 3 aromatic carbocycles. The average Bonchev–Trinajstić information content (AvgIpc) is 3.61.